The zero-order chi connectivity index (χ0) is 10.8. The third-order valence-electron chi connectivity index (χ3n) is 2.89. The van der Waals surface area contributed by atoms with Gasteiger partial charge in [0.1, 0.15) is 0 Å². The molecule has 3 heteroatoms. The van der Waals surface area contributed by atoms with Crippen LogP contribution < -0.4 is 10.5 Å². The van der Waals surface area contributed by atoms with Gasteiger partial charge in [0.15, 0.2) is 11.6 Å². The van der Waals surface area contributed by atoms with Crippen LogP contribution in [0.2, 0.25) is 0 Å². The maximum Gasteiger partial charge on any atom is 0.165 e. The fourth-order valence-electron chi connectivity index (χ4n) is 1.87. The number of hydrogen-bond donors (Lipinski definition) is 1. The smallest absolute Gasteiger partial charge is 0.165 e. The first-order valence-electron chi connectivity index (χ1n) is 5.30. The highest BCUT2D eigenvalue weighted by Crippen LogP contribution is 2.39. The van der Waals surface area contributed by atoms with Gasteiger partial charge in [0, 0.05) is 11.6 Å². The van der Waals surface area contributed by atoms with Crippen molar-refractivity contribution in [2.45, 2.75) is 25.3 Å². The minimum atomic E-state index is -0.332. The first kappa shape index (κ1) is 10.4. The molecule has 0 aromatic heterocycles. The Morgan fingerprint density at radius 3 is 2.87 bits per heavy atom. The number of hydrogen-bond acceptors (Lipinski definition) is 2. The molecule has 82 valence electrons. The van der Waals surface area contributed by atoms with Crippen molar-refractivity contribution < 1.29 is 9.13 Å². The van der Waals surface area contributed by atoms with Crippen molar-refractivity contribution in [2.75, 3.05) is 7.11 Å². The van der Waals surface area contributed by atoms with Crippen molar-refractivity contribution >= 4 is 0 Å². The quantitative estimate of drug-likeness (QED) is 0.827. The van der Waals surface area contributed by atoms with Crippen LogP contribution in [0.5, 0.6) is 5.75 Å². The molecular formula is C12H16FNO. The van der Waals surface area contributed by atoms with Gasteiger partial charge in [-0.15, -0.1) is 0 Å². The van der Waals surface area contributed by atoms with Gasteiger partial charge in [-0.05, 0) is 18.4 Å². The zero-order valence-corrected chi connectivity index (χ0v) is 8.87. The molecule has 0 aliphatic heterocycles. The van der Waals surface area contributed by atoms with E-state index in [2.05, 4.69) is 0 Å². The van der Waals surface area contributed by atoms with Crippen molar-refractivity contribution in [2.24, 2.45) is 11.7 Å². The number of halogens is 1. The molecule has 1 aromatic carbocycles. The summed E-state index contributed by atoms with van der Waals surface area (Å²) in [5.74, 6) is 0.694. The molecule has 2 rings (SSSR count). The Bertz CT molecular complexity index is 349. The lowest BCUT2D eigenvalue weighted by Gasteiger charge is -2.15. The second-order valence-corrected chi connectivity index (χ2v) is 4.15. The predicted octanol–water partition coefficient (Wildman–Crippen LogP) is 2.63. The molecule has 15 heavy (non-hydrogen) atoms. The number of para-hydroxylation sites is 1. The molecule has 0 bridgehead atoms. The largest absolute Gasteiger partial charge is 0.493 e. The van der Waals surface area contributed by atoms with Crippen molar-refractivity contribution in [3.8, 4) is 5.75 Å². The van der Waals surface area contributed by atoms with Crippen LogP contribution in [-0.4, -0.2) is 7.11 Å². The van der Waals surface area contributed by atoms with Gasteiger partial charge in [0.25, 0.3) is 0 Å². The summed E-state index contributed by atoms with van der Waals surface area (Å²) < 4.78 is 18.4. The fourth-order valence-corrected chi connectivity index (χ4v) is 1.87. The van der Waals surface area contributed by atoms with Crippen LogP contribution >= 0.6 is 0 Å². The minimum absolute atomic E-state index is 0.108. The molecule has 0 heterocycles. The molecule has 1 aliphatic carbocycles. The monoisotopic (exact) mass is 209 g/mol. The van der Waals surface area contributed by atoms with Gasteiger partial charge >= 0.3 is 0 Å². The molecule has 0 saturated heterocycles. The van der Waals surface area contributed by atoms with Crippen LogP contribution in [-0.2, 0) is 0 Å². The van der Waals surface area contributed by atoms with E-state index in [1.54, 1.807) is 6.07 Å². The molecule has 0 unspecified atom stereocenters. The van der Waals surface area contributed by atoms with E-state index in [0.717, 1.165) is 17.9 Å². The van der Waals surface area contributed by atoms with E-state index in [1.807, 2.05) is 6.07 Å². The zero-order valence-electron chi connectivity index (χ0n) is 8.87. The molecule has 1 atom stereocenters. The average Bonchev–Trinajstić information content (AvgIpc) is 3.01. The number of ether oxygens (including phenoxy) is 1. The normalized spacial score (nSPS) is 17.5. The summed E-state index contributed by atoms with van der Waals surface area (Å²) in [6.07, 6.45) is 3.44. The average molecular weight is 209 g/mol. The molecule has 2 nitrogen and oxygen atoms in total. The molecule has 1 aromatic rings. The molecule has 1 fully saturated rings. The molecule has 0 amide bonds. The van der Waals surface area contributed by atoms with Gasteiger partial charge in [0.2, 0.25) is 0 Å². The van der Waals surface area contributed by atoms with E-state index < -0.39 is 0 Å². The van der Waals surface area contributed by atoms with E-state index >= 15 is 0 Å². The highest BCUT2D eigenvalue weighted by Gasteiger charge is 2.26. The molecule has 0 spiro atoms. The highest BCUT2D eigenvalue weighted by atomic mass is 19.1. The Labute approximate surface area is 89.2 Å². The van der Waals surface area contributed by atoms with E-state index in [1.165, 1.54) is 26.0 Å². The number of benzene rings is 1. The molecule has 0 radical (unpaired) electrons. The Morgan fingerprint density at radius 1 is 1.53 bits per heavy atom. The summed E-state index contributed by atoms with van der Waals surface area (Å²) in [5, 5.41) is 0. The molecule has 1 saturated carbocycles. The summed E-state index contributed by atoms with van der Waals surface area (Å²) in [5.41, 5.74) is 6.82. The van der Waals surface area contributed by atoms with Gasteiger partial charge in [-0.25, -0.2) is 4.39 Å². The van der Waals surface area contributed by atoms with Crippen molar-refractivity contribution in [1.82, 2.24) is 0 Å². The van der Waals surface area contributed by atoms with Crippen molar-refractivity contribution in [3.63, 3.8) is 0 Å². The first-order valence-corrected chi connectivity index (χ1v) is 5.30. The summed E-state index contributed by atoms with van der Waals surface area (Å²) >= 11 is 0. The Hall–Kier alpha value is -1.09. The van der Waals surface area contributed by atoms with Crippen LogP contribution in [0, 0.1) is 11.7 Å². The van der Waals surface area contributed by atoms with Gasteiger partial charge in [0.05, 0.1) is 7.11 Å². The Kier molecular flexibility index (Phi) is 2.91. The topological polar surface area (TPSA) is 35.2 Å². The van der Waals surface area contributed by atoms with E-state index in [-0.39, 0.29) is 11.9 Å². The van der Waals surface area contributed by atoms with Gasteiger partial charge < -0.3 is 10.5 Å². The SMILES string of the molecule is COc1c(F)cccc1[C@H](N)CC1CC1. The summed E-state index contributed by atoms with van der Waals surface area (Å²) in [6.45, 7) is 0. The van der Waals surface area contributed by atoms with Crippen LogP contribution in [0.3, 0.4) is 0 Å². The number of rotatable bonds is 4. The highest BCUT2D eigenvalue weighted by molar-refractivity contribution is 5.37. The fraction of sp³-hybridized carbons (Fsp3) is 0.500. The summed E-state index contributed by atoms with van der Waals surface area (Å²) in [6, 6.07) is 4.81. The molecule has 1 aliphatic rings. The van der Waals surface area contributed by atoms with Crippen LogP contribution in [0.4, 0.5) is 4.39 Å². The van der Waals surface area contributed by atoms with Gasteiger partial charge in [-0.1, -0.05) is 25.0 Å². The predicted molar refractivity (Wildman–Crippen MR) is 57.2 cm³/mol. The second-order valence-electron chi connectivity index (χ2n) is 4.15. The molecule has 2 N–H and O–H groups in total. The maximum atomic E-state index is 13.4. The van der Waals surface area contributed by atoms with Crippen molar-refractivity contribution in [1.29, 1.82) is 0 Å². The van der Waals surface area contributed by atoms with Crippen LogP contribution in [0.1, 0.15) is 30.9 Å². The summed E-state index contributed by atoms with van der Waals surface area (Å²) in [7, 11) is 1.48. The van der Waals surface area contributed by atoms with E-state index in [0.29, 0.717) is 5.75 Å². The third kappa shape index (κ3) is 2.29. The van der Waals surface area contributed by atoms with Gasteiger partial charge in [-0.3, -0.25) is 0 Å². The van der Waals surface area contributed by atoms with Crippen LogP contribution in [0.15, 0.2) is 18.2 Å². The van der Waals surface area contributed by atoms with E-state index in [4.69, 9.17) is 10.5 Å². The lowest BCUT2D eigenvalue weighted by molar-refractivity contribution is 0.375. The Morgan fingerprint density at radius 2 is 2.27 bits per heavy atom. The lowest BCUT2D eigenvalue weighted by Crippen LogP contribution is -2.12. The van der Waals surface area contributed by atoms with E-state index in [9.17, 15) is 4.39 Å². The Balaban J connectivity index is 2.20. The number of nitrogens with two attached hydrogens (primary N) is 1. The molecular weight excluding hydrogens is 193 g/mol. The van der Waals surface area contributed by atoms with Gasteiger partial charge in [-0.2, -0.15) is 0 Å². The number of methoxy groups -OCH3 is 1. The van der Waals surface area contributed by atoms with Crippen molar-refractivity contribution in [3.05, 3.63) is 29.6 Å². The second kappa shape index (κ2) is 4.19. The third-order valence-corrected chi connectivity index (χ3v) is 2.89. The maximum absolute atomic E-state index is 13.4. The minimum Gasteiger partial charge on any atom is -0.493 e. The standard InChI is InChI=1S/C12H16FNO/c1-15-12-9(3-2-4-10(12)13)11(14)7-8-5-6-8/h2-4,8,11H,5-7,14H2,1H3/t11-/m1/s1. The summed E-state index contributed by atoms with van der Waals surface area (Å²) in [4.78, 5) is 0. The first-order chi connectivity index (χ1) is 7.22. The lowest BCUT2D eigenvalue weighted by atomic mass is 10.0. The van der Waals surface area contributed by atoms with Crippen LogP contribution in [0.25, 0.3) is 0 Å².